The Morgan fingerprint density at radius 3 is 2.70 bits per heavy atom. The van der Waals surface area contributed by atoms with Crippen molar-refractivity contribution in [2.45, 2.75) is 11.4 Å². The molecule has 0 fully saturated rings. The number of nitrogens with one attached hydrogen (secondary N) is 1. The van der Waals surface area contributed by atoms with E-state index in [0.717, 1.165) is 0 Å². The number of nitrogens with two attached hydrogens (primary N) is 1. The van der Waals surface area contributed by atoms with Gasteiger partial charge in [-0.05, 0) is 24.3 Å². The summed E-state index contributed by atoms with van der Waals surface area (Å²) in [6.45, 7) is 0.120. The lowest BCUT2D eigenvalue weighted by atomic mass is 10.3. The van der Waals surface area contributed by atoms with Crippen LogP contribution in [0.1, 0.15) is 5.69 Å². The van der Waals surface area contributed by atoms with Crippen molar-refractivity contribution in [2.24, 2.45) is 7.05 Å². The van der Waals surface area contributed by atoms with Crippen LogP contribution in [-0.2, 0) is 23.6 Å². The quantitative estimate of drug-likeness (QED) is 0.782. The van der Waals surface area contributed by atoms with Crippen molar-refractivity contribution in [2.75, 3.05) is 12.8 Å². The van der Waals surface area contributed by atoms with Gasteiger partial charge in [0.15, 0.2) is 0 Å². The first kappa shape index (κ1) is 14.4. The van der Waals surface area contributed by atoms with Gasteiger partial charge in [-0.3, -0.25) is 4.68 Å². The van der Waals surface area contributed by atoms with Gasteiger partial charge in [0.1, 0.15) is 5.75 Å². The molecule has 2 aromatic rings. The lowest BCUT2D eigenvalue weighted by molar-refractivity contribution is 0.416. The fraction of sp³-hybridized carbons (Fsp3) is 0.250. The molecule has 1 heterocycles. The maximum atomic E-state index is 12.1. The Balaban J connectivity index is 2.15. The van der Waals surface area contributed by atoms with Gasteiger partial charge in [0.25, 0.3) is 0 Å². The highest BCUT2D eigenvalue weighted by molar-refractivity contribution is 7.89. The molecular weight excluding hydrogens is 280 g/mol. The van der Waals surface area contributed by atoms with Crippen LogP contribution in [0, 0.1) is 0 Å². The van der Waals surface area contributed by atoms with Gasteiger partial charge in [0, 0.05) is 13.2 Å². The highest BCUT2D eigenvalue weighted by Crippen LogP contribution is 2.24. The van der Waals surface area contributed by atoms with E-state index in [2.05, 4.69) is 9.82 Å². The molecule has 8 heteroatoms. The van der Waals surface area contributed by atoms with Crippen molar-refractivity contribution in [1.82, 2.24) is 14.5 Å². The lowest BCUT2D eigenvalue weighted by Crippen LogP contribution is -2.23. The SMILES string of the molecule is COc1ccc(S(=O)(=O)NCc2ccn(C)n2)cc1N. The van der Waals surface area contributed by atoms with Gasteiger partial charge >= 0.3 is 0 Å². The molecule has 0 aliphatic carbocycles. The Hall–Kier alpha value is -2.06. The smallest absolute Gasteiger partial charge is 0.241 e. The molecule has 0 atom stereocenters. The van der Waals surface area contributed by atoms with E-state index in [4.69, 9.17) is 10.5 Å². The summed E-state index contributed by atoms with van der Waals surface area (Å²) in [6, 6.07) is 6.06. The molecule has 0 spiro atoms. The predicted octanol–water partition coefficient (Wildman–Crippen LogP) is 0.489. The van der Waals surface area contributed by atoms with Crippen molar-refractivity contribution in [1.29, 1.82) is 0 Å². The van der Waals surface area contributed by atoms with Crippen LogP contribution in [0.4, 0.5) is 5.69 Å². The Bertz CT molecular complexity index is 709. The van der Waals surface area contributed by atoms with E-state index in [1.807, 2.05) is 0 Å². The Labute approximate surface area is 117 Å². The summed E-state index contributed by atoms with van der Waals surface area (Å²) < 4.78 is 33.3. The van der Waals surface area contributed by atoms with Gasteiger partial charge in [0.05, 0.1) is 29.9 Å². The van der Waals surface area contributed by atoms with Crippen molar-refractivity contribution in [3.05, 3.63) is 36.2 Å². The van der Waals surface area contributed by atoms with Crippen LogP contribution in [0.25, 0.3) is 0 Å². The number of nitrogen functional groups attached to an aromatic ring is 1. The van der Waals surface area contributed by atoms with Crippen molar-refractivity contribution < 1.29 is 13.2 Å². The zero-order chi connectivity index (χ0) is 14.8. The molecule has 0 radical (unpaired) electrons. The van der Waals surface area contributed by atoms with E-state index < -0.39 is 10.0 Å². The van der Waals surface area contributed by atoms with Crippen molar-refractivity contribution in [3.63, 3.8) is 0 Å². The third kappa shape index (κ3) is 3.09. The largest absolute Gasteiger partial charge is 0.495 e. The summed E-state index contributed by atoms with van der Waals surface area (Å²) in [5, 5.41) is 4.10. The molecule has 0 aliphatic rings. The molecule has 3 N–H and O–H groups in total. The van der Waals surface area contributed by atoms with Crippen LogP contribution >= 0.6 is 0 Å². The minimum atomic E-state index is -3.63. The van der Waals surface area contributed by atoms with Crippen LogP contribution in [0.15, 0.2) is 35.4 Å². The molecule has 0 saturated carbocycles. The van der Waals surface area contributed by atoms with E-state index in [9.17, 15) is 8.42 Å². The van der Waals surface area contributed by atoms with E-state index in [0.29, 0.717) is 11.4 Å². The number of benzene rings is 1. The van der Waals surface area contributed by atoms with Crippen molar-refractivity contribution >= 4 is 15.7 Å². The molecule has 20 heavy (non-hydrogen) atoms. The summed E-state index contributed by atoms with van der Waals surface area (Å²) in [4.78, 5) is 0.0896. The second-order valence-electron chi connectivity index (χ2n) is 4.21. The van der Waals surface area contributed by atoms with Gasteiger partial charge in [-0.25, -0.2) is 13.1 Å². The van der Waals surface area contributed by atoms with E-state index in [1.54, 1.807) is 24.0 Å². The third-order valence-electron chi connectivity index (χ3n) is 2.72. The van der Waals surface area contributed by atoms with Crippen LogP contribution in [-0.4, -0.2) is 25.3 Å². The monoisotopic (exact) mass is 296 g/mol. The maximum Gasteiger partial charge on any atom is 0.241 e. The molecule has 1 aromatic heterocycles. The molecule has 108 valence electrons. The molecule has 2 rings (SSSR count). The number of anilines is 1. The van der Waals surface area contributed by atoms with Crippen LogP contribution in [0.2, 0.25) is 0 Å². The van der Waals surface area contributed by atoms with Crippen molar-refractivity contribution in [3.8, 4) is 5.75 Å². The van der Waals surface area contributed by atoms with E-state index in [1.165, 1.54) is 25.3 Å². The third-order valence-corrected chi connectivity index (χ3v) is 4.12. The number of methoxy groups -OCH3 is 1. The second-order valence-corrected chi connectivity index (χ2v) is 5.98. The number of nitrogens with zero attached hydrogens (tertiary/aromatic N) is 2. The number of sulfonamides is 1. The first-order valence-corrected chi connectivity index (χ1v) is 7.32. The van der Waals surface area contributed by atoms with E-state index in [-0.39, 0.29) is 17.1 Å². The van der Waals surface area contributed by atoms with Gasteiger partial charge in [-0.2, -0.15) is 5.10 Å². The zero-order valence-corrected chi connectivity index (χ0v) is 12.0. The van der Waals surface area contributed by atoms with Gasteiger partial charge in [0.2, 0.25) is 10.0 Å². The Morgan fingerprint density at radius 2 is 2.15 bits per heavy atom. The number of aryl methyl sites for hydroxylation is 1. The summed E-state index contributed by atoms with van der Waals surface area (Å²) in [5.74, 6) is 0.439. The molecule has 7 nitrogen and oxygen atoms in total. The van der Waals surface area contributed by atoms with Crippen LogP contribution in [0.3, 0.4) is 0 Å². The van der Waals surface area contributed by atoms with Gasteiger partial charge < -0.3 is 10.5 Å². The molecule has 0 amide bonds. The molecule has 0 bridgehead atoms. The summed E-state index contributed by atoms with van der Waals surface area (Å²) in [6.07, 6.45) is 1.75. The number of ether oxygens (including phenoxy) is 1. The minimum Gasteiger partial charge on any atom is -0.495 e. The summed E-state index contributed by atoms with van der Waals surface area (Å²) in [5.41, 5.74) is 6.61. The maximum absolute atomic E-state index is 12.1. The topological polar surface area (TPSA) is 99.2 Å². The first-order valence-electron chi connectivity index (χ1n) is 5.84. The average molecular weight is 296 g/mol. The second kappa shape index (κ2) is 5.51. The number of rotatable bonds is 5. The lowest BCUT2D eigenvalue weighted by Gasteiger charge is -2.08. The van der Waals surface area contributed by atoms with E-state index >= 15 is 0 Å². The minimum absolute atomic E-state index is 0.0896. The standard InChI is InChI=1S/C12H16N4O3S/c1-16-6-5-9(15-16)8-14-20(17,18)10-3-4-12(19-2)11(13)7-10/h3-7,14H,8,13H2,1-2H3. The highest BCUT2D eigenvalue weighted by Gasteiger charge is 2.15. The average Bonchev–Trinajstić information content (AvgIpc) is 2.82. The molecular formula is C12H16N4O3S. The summed E-state index contributed by atoms with van der Waals surface area (Å²) in [7, 11) is -0.394. The number of hydrogen-bond acceptors (Lipinski definition) is 5. The summed E-state index contributed by atoms with van der Waals surface area (Å²) >= 11 is 0. The van der Waals surface area contributed by atoms with Crippen LogP contribution < -0.4 is 15.2 Å². The fourth-order valence-electron chi connectivity index (χ4n) is 1.69. The predicted molar refractivity (Wildman–Crippen MR) is 74.6 cm³/mol. The Morgan fingerprint density at radius 1 is 1.40 bits per heavy atom. The first-order chi connectivity index (χ1) is 9.42. The fourth-order valence-corrected chi connectivity index (χ4v) is 2.72. The van der Waals surface area contributed by atoms with Crippen LogP contribution in [0.5, 0.6) is 5.75 Å². The number of hydrogen-bond donors (Lipinski definition) is 2. The Kier molecular flexibility index (Phi) is 3.96. The molecule has 0 unspecified atom stereocenters. The highest BCUT2D eigenvalue weighted by atomic mass is 32.2. The molecule has 0 saturated heterocycles. The molecule has 0 aliphatic heterocycles. The van der Waals surface area contributed by atoms with Gasteiger partial charge in [-0.15, -0.1) is 0 Å². The molecule has 1 aromatic carbocycles. The number of aromatic nitrogens is 2. The zero-order valence-electron chi connectivity index (χ0n) is 11.2. The van der Waals surface area contributed by atoms with Gasteiger partial charge in [-0.1, -0.05) is 0 Å². The normalized spacial score (nSPS) is 11.5.